The Morgan fingerprint density at radius 1 is 1.00 bits per heavy atom. The van der Waals surface area contributed by atoms with Crippen LogP contribution in [0.15, 0.2) is 11.4 Å². The summed E-state index contributed by atoms with van der Waals surface area (Å²) in [5.74, 6) is 0. The van der Waals surface area contributed by atoms with Crippen molar-refractivity contribution in [2.24, 2.45) is 0 Å². The first-order valence-electron chi connectivity index (χ1n) is 6.34. The van der Waals surface area contributed by atoms with Gasteiger partial charge in [-0.15, -0.1) is 0 Å². The second kappa shape index (κ2) is 5.43. The van der Waals surface area contributed by atoms with Gasteiger partial charge in [0.15, 0.2) is 0 Å². The third-order valence-corrected chi connectivity index (χ3v) is 3.63. The molecule has 0 aliphatic carbocycles. The maximum atomic E-state index is 2.55. The fourth-order valence-electron chi connectivity index (χ4n) is 2.53. The zero-order valence-corrected chi connectivity index (χ0v) is 11.0. The molecule has 0 aromatic carbocycles. The van der Waals surface area contributed by atoms with Gasteiger partial charge in [0.25, 0.3) is 0 Å². The van der Waals surface area contributed by atoms with Gasteiger partial charge in [0, 0.05) is 24.5 Å². The molecule has 0 bridgehead atoms. The van der Waals surface area contributed by atoms with E-state index in [0.717, 1.165) is 6.54 Å². The Morgan fingerprint density at radius 3 is 2.07 bits per heavy atom. The summed E-state index contributed by atoms with van der Waals surface area (Å²) in [4.78, 5) is 5.04. The Morgan fingerprint density at radius 2 is 1.60 bits per heavy atom. The zero-order chi connectivity index (χ0) is 11.4. The van der Waals surface area contributed by atoms with Crippen molar-refractivity contribution < 1.29 is 0 Å². The highest BCUT2D eigenvalue weighted by atomic mass is 15.4. The van der Waals surface area contributed by atoms with Gasteiger partial charge in [-0.05, 0) is 34.1 Å². The molecule has 0 spiro atoms. The Hall–Kier alpha value is -0.660. The van der Waals surface area contributed by atoms with Crippen LogP contribution in [0.4, 0.5) is 0 Å². The van der Waals surface area contributed by atoms with Gasteiger partial charge in [0.2, 0.25) is 0 Å². The average molecular weight is 210 g/mol. The lowest BCUT2D eigenvalue weighted by atomic mass is 10.2. The van der Waals surface area contributed by atoms with Crippen LogP contribution in [0.2, 0.25) is 0 Å². The van der Waals surface area contributed by atoms with Crippen LogP contribution in [0.5, 0.6) is 0 Å². The van der Waals surface area contributed by atoms with Crippen LogP contribution in [0, 0.1) is 0 Å². The lowest BCUT2D eigenvalue weighted by molar-refractivity contribution is 0.158. The molecule has 0 amide bonds. The van der Waals surface area contributed by atoms with E-state index in [9.17, 15) is 0 Å². The van der Waals surface area contributed by atoms with Crippen molar-refractivity contribution >= 4 is 0 Å². The van der Waals surface area contributed by atoms with Gasteiger partial charge >= 0.3 is 0 Å². The van der Waals surface area contributed by atoms with Gasteiger partial charge in [-0.3, -0.25) is 0 Å². The summed E-state index contributed by atoms with van der Waals surface area (Å²) >= 11 is 0. The van der Waals surface area contributed by atoms with Crippen LogP contribution in [-0.2, 0) is 0 Å². The molecule has 0 aromatic heterocycles. The summed E-state index contributed by atoms with van der Waals surface area (Å²) in [7, 11) is 0. The molecular formula is C13H26N2. The number of hydrogen-bond acceptors (Lipinski definition) is 2. The van der Waals surface area contributed by atoms with Crippen molar-refractivity contribution in [2.75, 3.05) is 13.1 Å². The predicted molar refractivity (Wildman–Crippen MR) is 66.4 cm³/mol. The summed E-state index contributed by atoms with van der Waals surface area (Å²) < 4.78 is 0. The first-order valence-corrected chi connectivity index (χ1v) is 6.34. The molecular weight excluding hydrogens is 184 g/mol. The van der Waals surface area contributed by atoms with Crippen molar-refractivity contribution in [1.82, 2.24) is 9.80 Å². The van der Waals surface area contributed by atoms with Crippen LogP contribution in [0.25, 0.3) is 0 Å². The Balaban J connectivity index is 2.58. The van der Waals surface area contributed by atoms with Gasteiger partial charge in [0.05, 0.1) is 6.17 Å². The topological polar surface area (TPSA) is 6.48 Å². The highest BCUT2D eigenvalue weighted by Crippen LogP contribution is 2.28. The monoisotopic (exact) mass is 210 g/mol. The van der Waals surface area contributed by atoms with E-state index in [2.05, 4.69) is 44.4 Å². The molecule has 0 N–H and O–H groups in total. The smallest absolute Gasteiger partial charge is 0.0982 e. The Labute approximate surface area is 94.9 Å². The molecule has 1 unspecified atom stereocenters. The van der Waals surface area contributed by atoms with E-state index >= 15 is 0 Å². The highest BCUT2D eigenvalue weighted by molar-refractivity contribution is 5.15. The quantitative estimate of drug-likeness (QED) is 0.642. The van der Waals surface area contributed by atoms with Crippen molar-refractivity contribution in [3.8, 4) is 0 Å². The van der Waals surface area contributed by atoms with E-state index in [0.29, 0.717) is 6.17 Å². The molecule has 0 saturated carbocycles. The molecule has 0 saturated heterocycles. The molecule has 2 nitrogen and oxygen atoms in total. The van der Waals surface area contributed by atoms with Gasteiger partial charge in [-0.2, -0.15) is 0 Å². The molecule has 2 heteroatoms. The average Bonchev–Trinajstić information content (AvgIpc) is 2.42. The van der Waals surface area contributed by atoms with Crippen LogP contribution in [-0.4, -0.2) is 29.1 Å². The largest absolute Gasteiger partial charge is 0.354 e. The summed E-state index contributed by atoms with van der Waals surface area (Å²) in [6.45, 7) is 13.7. The number of allylic oxidation sites excluding steroid dienone is 2. The molecule has 1 aliphatic rings. The van der Waals surface area contributed by atoms with Gasteiger partial charge < -0.3 is 9.80 Å². The minimum Gasteiger partial charge on any atom is -0.354 e. The van der Waals surface area contributed by atoms with Crippen molar-refractivity contribution in [2.45, 2.75) is 60.0 Å². The Kier molecular flexibility index (Phi) is 4.49. The molecule has 0 aromatic rings. The second-order valence-corrected chi connectivity index (χ2v) is 4.49. The standard InChI is InChI=1S/C13H26N2/c1-6-8-9-10-15-12(4)11(3)14(7-2)13(15)5/h13H,6-10H2,1-5H3. The second-order valence-electron chi connectivity index (χ2n) is 4.49. The summed E-state index contributed by atoms with van der Waals surface area (Å²) in [6, 6.07) is 0. The normalized spacial score (nSPS) is 21.8. The van der Waals surface area contributed by atoms with Crippen LogP contribution in [0.3, 0.4) is 0 Å². The predicted octanol–water partition coefficient (Wildman–Crippen LogP) is 3.41. The number of rotatable bonds is 5. The molecule has 0 fully saturated rings. The van der Waals surface area contributed by atoms with E-state index < -0.39 is 0 Å². The zero-order valence-electron chi connectivity index (χ0n) is 11.0. The lowest BCUT2D eigenvalue weighted by Crippen LogP contribution is -2.38. The molecule has 1 aliphatic heterocycles. The van der Waals surface area contributed by atoms with Crippen molar-refractivity contribution in [3.05, 3.63) is 11.4 Å². The number of unbranched alkanes of at least 4 members (excludes halogenated alkanes) is 2. The van der Waals surface area contributed by atoms with Crippen LogP contribution in [0.1, 0.15) is 53.9 Å². The third kappa shape index (κ3) is 2.47. The molecule has 15 heavy (non-hydrogen) atoms. The highest BCUT2D eigenvalue weighted by Gasteiger charge is 2.28. The molecule has 1 atom stereocenters. The fourth-order valence-corrected chi connectivity index (χ4v) is 2.53. The number of hydrogen-bond donors (Lipinski definition) is 0. The lowest BCUT2D eigenvalue weighted by Gasteiger charge is -2.31. The van der Waals surface area contributed by atoms with Crippen LogP contribution < -0.4 is 0 Å². The molecule has 88 valence electrons. The molecule has 1 rings (SSSR count). The maximum absolute atomic E-state index is 2.55. The first-order chi connectivity index (χ1) is 7.13. The minimum absolute atomic E-state index is 0.562. The molecule has 1 heterocycles. The van der Waals surface area contributed by atoms with Crippen molar-refractivity contribution in [3.63, 3.8) is 0 Å². The van der Waals surface area contributed by atoms with E-state index in [1.807, 2.05) is 0 Å². The van der Waals surface area contributed by atoms with Crippen molar-refractivity contribution in [1.29, 1.82) is 0 Å². The SMILES string of the molecule is CCCCCN1C(C)=C(C)N(CC)C1C. The number of nitrogens with zero attached hydrogens (tertiary/aromatic N) is 2. The van der Waals surface area contributed by atoms with Crippen LogP contribution >= 0.6 is 0 Å². The van der Waals surface area contributed by atoms with E-state index in [1.54, 1.807) is 0 Å². The summed E-state index contributed by atoms with van der Waals surface area (Å²) in [5.41, 5.74) is 2.93. The van der Waals surface area contributed by atoms with Gasteiger partial charge in [-0.1, -0.05) is 19.8 Å². The Bertz CT molecular complexity index is 233. The van der Waals surface area contributed by atoms with Gasteiger partial charge in [-0.25, -0.2) is 0 Å². The maximum Gasteiger partial charge on any atom is 0.0982 e. The van der Waals surface area contributed by atoms with Gasteiger partial charge in [0.1, 0.15) is 0 Å². The minimum atomic E-state index is 0.562. The summed E-state index contributed by atoms with van der Waals surface area (Å²) in [5, 5.41) is 0. The fraction of sp³-hybridized carbons (Fsp3) is 0.846. The third-order valence-electron chi connectivity index (χ3n) is 3.63. The van der Waals surface area contributed by atoms with E-state index in [1.165, 1.54) is 37.2 Å². The van der Waals surface area contributed by atoms with E-state index in [4.69, 9.17) is 0 Å². The van der Waals surface area contributed by atoms with E-state index in [-0.39, 0.29) is 0 Å². The molecule has 0 radical (unpaired) electrons. The first kappa shape index (κ1) is 12.4. The summed E-state index contributed by atoms with van der Waals surface area (Å²) in [6.07, 6.45) is 4.54.